The predicted octanol–water partition coefficient (Wildman–Crippen LogP) is 1.80. The van der Waals surface area contributed by atoms with Gasteiger partial charge in [-0.15, -0.1) is 0 Å². The van der Waals surface area contributed by atoms with E-state index in [0.29, 0.717) is 24.4 Å². The quantitative estimate of drug-likeness (QED) is 0.210. The fourth-order valence-electron chi connectivity index (χ4n) is 4.75. The molecular weight excluding hydrogens is 554 g/mol. The van der Waals surface area contributed by atoms with Crippen LogP contribution in [0, 0.1) is 0 Å². The fraction of sp³-hybridized carbons (Fsp3) is 0.400. The van der Waals surface area contributed by atoms with Crippen LogP contribution in [-0.4, -0.2) is 73.7 Å². The first-order valence-electron chi connectivity index (χ1n) is 12.4. The number of aryl methyl sites for hydroxylation is 1. The van der Waals surface area contributed by atoms with Crippen LogP contribution in [0.3, 0.4) is 0 Å². The molecule has 1 aromatic carbocycles. The van der Waals surface area contributed by atoms with Crippen molar-refractivity contribution in [3.05, 3.63) is 47.0 Å². The summed E-state index contributed by atoms with van der Waals surface area (Å²) >= 11 is 3.10. The summed E-state index contributed by atoms with van der Waals surface area (Å²) in [6.45, 7) is 6.50. The van der Waals surface area contributed by atoms with Gasteiger partial charge in [0.25, 0.3) is 11.3 Å². The molecule has 3 aromatic heterocycles. The van der Waals surface area contributed by atoms with Crippen molar-refractivity contribution < 1.29 is 9.53 Å². The Kier molecular flexibility index (Phi) is 7.47. The topological polar surface area (TPSA) is 131 Å². The number of fused-ring (bicyclic) bond motifs is 2. The first kappa shape index (κ1) is 25.9. The van der Waals surface area contributed by atoms with Crippen LogP contribution < -0.4 is 31.1 Å². The standard InChI is InChI=1S/C25H30BrN9O3/c1-15-12-34(13-16(2)30-15)21-10-22(35-25(32-21)28-14-29-35)31-18-4-5-19-17(8-18)9-20(24(37)33(19)3)38-7-6-27-23(36)11-26/h4-5,8-10,14-16,30-31H,6-7,11-13H2,1-3H3,(H,27,36)/t15-,16+. The van der Waals surface area contributed by atoms with Gasteiger partial charge >= 0.3 is 0 Å². The Labute approximate surface area is 227 Å². The van der Waals surface area contributed by atoms with E-state index >= 15 is 0 Å². The summed E-state index contributed by atoms with van der Waals surface area (Å²) in [5.41, 5.74) is 1.33. The van der Waals surface area contributed by atoms with Crippen molar-refractivity contribution in [2.24, 2.45) is 7.05 Å². The summed E-state index contributed by atoms with van der Waals surface area (Å²) in [6, 6.07) is 10.1. The molecule has 4 aromatic rings. The highest BCUT2D eigenvalue weighted by molar-refractivity contribution is 9.09. The van der Waals surface area contributed by atoms with Crippen LogP contribution in [0.25, 0.3) is 16.7 Å². The number of rotatable bonds is 8. The number of aromatic nitrogens is 5. The Morgan fingerprint density at radius 2 is 2.00 bits per heavy atom. The normalized spacial score (nSPS) is 17.6. The zero-order chi connectivity index (χ0) is 26.8. The number of carbonyl (C=O) groups excluding carboxylic acids is 1. The molecule has 1 amide bonds. The van der Waals surface area contributed by atoms with Crippen molar-refractivity contribution >= 4 is 55.8 Å². The van der Waals surface area contributed by atoms with E-state index < -0.39 is 0 Å². The van der Waals surface area contributed by atoms with Crippen LogP contribution in [0.2, 0.25) is 0 Å². The number of carbonyl (C=O) groups is 1. The van der Waals surface area contributed by atoms with Crippen molar-refractivity contribution in [3.63, 3.8) is 0 Å². The number of benzene rings is 1. The maximum absolute atomic E-state index is 12.8. The van der Waals surface area contributed by atoms with Gasteiger partial charge in [0.15, 0.2) is 5.75 Å². The minimum absolute atomic E-state index is 0.141. The molecule has 13 heteroatoms. The largest absolute Gasteiger partial charge is 0.486 e. The number of ether oxygens (including phenoxy) is 1. The molecule has 1 aliphatic heterocycles. The van der Waals surface area contributed by atoms with Gasteiger partial charge in [-0.3, -0.25) is 9.59 Å². The maximum Gasteiger partial charge on any atom is 0.293 e. The molecule has 5 rings (SSSR count). The number of halogens is 1. The van der Waals surface area contributed by atoms with Crippen molar-refractivity contribution in [2.45, 2.75) is 25.9 Å². The van der Waals surface area contributed by atoms with Gasteiger partial charge in [-0.2, -0.15) is 19.6 Å². The smallest absolute Gasteiger partial charge is 0.293 e. The second-order valence-electron chi connectivity index (χ2n) is 9.45. The molecule has 38 heavy (non-hydrogen) atoms. The highest BCUT2D eigenvalue weighted by Crippen LogP contribution is 2.26. The third-order valence-corrected chi connectivity index (χ3v) is 6.90. The van der Waals surface area contributed by atoms with Gasteiger partial charge in [0.05, 0.1) is 17.4 Å². The Bertz CT molecular complexity index is 1530. The van der Waals surface area contributed by atoms with Crippen molar-refractivity contribution in [2.75, 3.05) is 41.8 Å². The van der Waals surface area contributed by atoms with Gasteiger partial charge < -0.3 is 30.2 Å². The summed E-state index contributed by atoms with van der Waals surface area (Å²) in [5.74, 6) is 2.15. The van der Waals surface area contributed by atoms with Crippen LogP contribution >= 0.6 is 15.9 Å². The van der Waals surface area contributed by atoms with Crippen LogP contribution in [0.5, 0.6) is 5.75 Å². The van der Waals surface area contributed by atoms with Gasteiger partial charge in [0.1, 0.15) is 24.6 Å². The molecule has 3 N–H and O–H groups in total. The highest BCUT2D eigenvalue weighted by Gasteiger charge is 2.23. The molecule has 0 bridgehead atoms. The number of anilines is 3. The van der Waals surface area contributed by atoms with E-state index in [1.165, 1.54) is 6.33 Å². The number of pyridine rings is 1. The third kappa shape index (κ3) is 5.43. The monoisotopic (exact) mass is 583 g/mol. The van der Waals surface area contributed by atoms with Gasteiger partial charge in [0, 0.05) is 49.4 Å². The van der Waals surface area contributed by atoms with Gasteiger partial charge in [-0.1, -0.05) is 15.9 Å². The molecule has 0 saturated carbocycles. The van der Waals surface area contributed by atoms with E-state index in [-0.39, 0.29) is 29.2 Å². The minimum atomic E-state index is -0.243. The van der Waals surface area contributed by atoms with E-state index in [1.54, 1.807) is 22.2 Å². The first-order chi connectivity index (χ1) is 18.3. The fourth-order valence-corrected chi connectivity index (χ4v) is 4.94. The molecule has 0 radical (unpaired) electrons. The Morgan fingerprint density at radius 3 is 2.76 bits per heavy atom. The van der Waals surface area contributed by atoms with Crippen LogP contribution in [0.4, 0.5) is 17.3 Å². The Morgan fingerprint density at radius 1 is 1.21 bits per heavy atom. The van der Waals surface area contributed by atoms with Crippen LogP contribution in [-0.2, 0) is 11.8 Å². The molecule has 1 fully saturated rings. The van der Waals surface area contributed by atoms with E-state index in [2.05, 4.69) is 60.7 Å². The number of hydrogen-bond donors (Lipinski definition) is 3. The Hall–Kier alpha value is -3.71. The van der Waals surface area contributed by atoms with Gasteiger partial charge in [-0.05, 0) is 38.1 Å². The SMILES string of the molecule is C[C@@H]1CN(c2cc(Nc3ccc4c(c3)cc(OCCNC(=O)CBr)c(=O)n4C)n3ncnc3n2)C[C@H](C)N1. The van der Waals surface area contributed by atoms with Crippen LogP contribution in [0.1, 0.15) is 13.8 Å². The second-order valence-corrected chi connectivity index (χ2v) is 10.0. The van der Waals surface area contributed by atoms with Gasteiger partial charge in [-0.25, -0.2) is 0 Å². The third-order valence-electron chi connectivity index (χ3n) is 6.39. The summed E-state index contributed by atoms with van der Waals surface area (Å²) in [4.78, 5) is 35.5. The molecule has 0 unspecified atom stereocenters. The average molecular weight is 584 g/mol. The van der Waals surface area contributed by atoms with E-state index in [1.807, 2.05) is 24.3 Å². The lowest BCUT2D eigenvalue weighted by Gasteiger charge is -2.37. The zero-order valence-electron chi connectivity index (χ0n) is 21.4. The molecule has 12 nitrogen and oxygen atoms in total. The number of nitrogens with zero attached hydrogens (tertiary/aromatic N) is 6. The number of amides is 1. The minimum Gasteiger partial charge on any atom is -0.486 e. The molecule has 1 aliphatic rings. The van der Waals surface area contributed by atoms with E-state index in [0.717, 1.165) is 41.3 Å². The molecule has 4 heterocycles. The number of alkyl halides is 1. The lowest BCUT2D eigenvalue weighted by molar-refractivity contribution is -0.118. The maximum atomic E-state index is 12.8. The number of nitrogens with one attached hydrogen (secondary N) is 3. The van der Waals surface area contributed by atoms with Crippen molar-refractivity contribution in [1.82, 2.24) is 34.8 Å². The lowest BCUT2D eigenvalue weighted by Crippen LogP contribution is -2.54. The van der Waals surface area contributed by atoms with E-state index in [9.17, 15) is 9.59 Å². The van der Waals surface area contributed by atoms with Crippen LogP contribution in [0.15, 0.2) is 41.5 Å². The second kappa shape index (κ2) is 11.0. The van der Waals surface area contributed by atoms with E-state index in [4.69, 9.17) is 9.72 Å². The molecule has 0 aliphatic carbocycles. The number of hydrogen-bond acceptors (Lipinski definition) is 9. The molecule has 1 saturated heterocycles. The van der Waals surface area contributed by atoms with Gasteiger partial charge in [0.2, 0.25) is 5.91 Å². The summed E-state index contributed by atoms with van der Waals surface area (Å²) in [6.07, 6.45) is 1.49. The number of piperazine rings is 1. The summed E-state index contributed by atoms with van der Waals surface area (Å²) in [5, 5.41) is 15.1. The summed E-state index contributed by atoms with van der Waals surface area (Å²) in [7, 11) is 1.71. The first-order valence-corrected chi connectivity index (χ1v) is 13.5. The predicted molar refractivity (Wildman–Crippen MR) is 150 cm³/mol. The zero-order valence-corrected chi connectivity index (χ0v) is 23.0. The molecule has 0 spiro atoms. The molecule has 2 atom stereocenters. The van der Waals surface area contributed by atoms with Crippen molar-refractivity contribution in [3.8, 4) is 5.75 Å². The molecular formula is C25H30BrN9O3. The average Bonchev–Trinajstić information content (AvgIpc) is 3.37. The summed E-state index contributed by atoms with van der Waals surface area (Å²) < 4.78 is 8.92. The highest BCUT2D eigenvalue weighted by atomic mass is 79.9. The molecule has 200 valence electrons. The lowest BCUT2D eigenvalue weighted by atomic mass is 10.1. The van der Waals surface area contributed by atoms with Crippen molar-refractivity contribution in [1.29, 1.82) is 0 Å². The Balaban J connectivity index is 1.43.